The zero-order chi connectivity index (χ0) is 27.1. The van der Waals surface area contributed by atoms with E-state index in [0.29, 0.717) is 16.8 Å². The summed E-state index contributed by atoms with van der Waals surface area (Å²) >= 11 is 0. The summed E-state index contributed by atoms with van der Waals surface area (Å²) < 4.78 is 0. The Hall–Kier alpha value is -3.97. The maximum absolute atomic E-state index is 13.7. The van der Waals surface area contributed by atoms with Crippen LogP contribution in [0, 0.1) is 5.92 Å². The summed E-state index contributed by atoms with van der Waals surface area (Å²) in [6.07, 6.45) is 8.96. The number of hydrogen-bond donors (Lipinski definition) is 2. The minimum absolute atomic E-state index is 0.141. The SMILES string of the molecule is CCN(C)c1ccc(-c2ccc(C(O)N(C(=O)C3CCCCC3)c3cncc(/C=C/C(=O)O)c3)cc2)cc1. The van der Waals surface area contributed by atoms with Crippen LogP contribution in [0.25, 0.3) is 17.2 Å². The van der Waals surface area contributed by atoms with Gasteiger partial charge in [0.25, 0.3) is 0 Å². The van der Waals surface area contributed by atoms with Crippen molar-refractivity contribution in [3.8, 4) is 11.1 Å². The second-order valence-electron chi connectivity index (χ2n) is 9.75. The molecule has 1 unspecified atom stereocenters. The molecular formula is C31H35N3O4. The quantitative estimate of drug-likeness (QED) is 0.273. The fourth-order valence-corrected chi connectivity index (χ4v) is 4.86. The fourth-order valence-electron chi connectivity index (χ4n) is 4.86. The van der Waals surface area contributed by atoms with Crippen molar-refractivity contribution in [2.45, 2.75) is 45.3 Å². The van der Waals surface area contributed by atoms with Crippen LogP contribution in [-0.2, 0) is 9.59 Å². The lowest BCUT2D eigenvalue weighted by Gasteiger charge is -2.33. The Labute approximate surface area is 224 Å². The summed E-state index contributed by atoms with van der Waals surface area (Å²) in [4.78, 5) is 32.5. The van der Waals surface area contributed by atoms with Crippen molar-refractivity contribution in [3.05, 3.63) is 84.2 Å². The molecule has 38 heavy (non-hydrogen) atoms. The van der Waals surface area contributed by atoms with E-state index in [9.17, 15) is 14.7 Å². The van der Waals surface area contributed by atoms with Crippen molar-refractivity contribution >= 4 is 29.3 Å². The van der Waals surface area contributed by atoms with Crippen LogP contribution in [0.15, 0.2) is 73.1 Å². The molecule has 0 radical (unpaired) electrons. The number of nitrogens with zero attached hydrogens (tertiary/aromatic N) is 3. The van der Waals surface area contributed by atoms with Crippen LogP contribution in [0.1, 0.15) is 56.4 Å². The summed E-state index contributed by atoms with van der Waals surface area (Å²) in [5.41, 5.74) is 4.78. The predicted molar refractivity (Wildman–Crippen MR) is 151 cm³/mol. The molecule has 3 aromatic rings. The number of carbonyl (C=O) groups excluding carboxylic acids is 1. The zero-order valence-electron chi connectivity index (χ0n) is 22.0. The number of aromatic nitrogens is 1. The standard InChI is InChI=1S/C31H35N3O4/c1-3-33(2)27-16-14-24(15-17-27)23-10-12-26(13-11-23)31(38)34(30(37)25-7-5-4-6-8-25)28-19-22(20-32-21-28)9-18-29(35)36/h9-21,25,31,38H,3-8H2,1-2H3,(H,35,36)/b18-9+. The molecule has 1 saturated carbocycles. The van der Waals surface area contributed by atoms with E-state index < -0.39 is 12.2 Å². The van der Waals surface area contributed by atoms with Crippen molar-refractivity contribution in [3.63, 3.8) is 0 Å². The van der Waals surface area contributed by atoms with Gasteiger partial charge in [-0.3, -0.25) is 14.7 Å². The van der Waals surface area contributed by atoms with Crippen LogP contribution in [-0.4, -0.2) is 40.7 Å². The van der Waals surface area contributed by atoms with Gasteiger partial charge in [-0.15, -0.1) is 0 Å². The van der Waals surface area contributed by atoms with Gasteiger partial charge in [0.15, 0.2) is 6.23 Å². The molecule has 1 aliphatic carbocycles. The lowest BCUT2D eigenvalue weighted by atomic mass is 9.88. The number of carboxylic acids is 1. The van der Waals surface area contributed by atoms with Gasteiger partial charge in [-0.25, -0.2) is 4.79 Å². The molecule has 1 heterocycles. The molecule has 7 heteroatoms. The van der Waals surface area contributed by atoms with Crippen LogP contribution < -0.4 is 9.80 Å². The third-order valence-corrected chi connectivity index (χ3v) is 7.20. The van der Waals surface area contributed by atoms with Gasteiger partial charge in [-0.1, -0.05) is 55.7 Å². The second-order valence-corrected chi connectivity index (χ2v) is 9.75. The molecule has 1 aliphatic rings. The first-order valence-corrected chi connectivity index (χ1v) is 13.2. The highest BCUT2D eigenvalue weighted by atomic mass is 16.4. The zero-order valence-corrected chi connectivity index (χ0v) is 22.0. The molecule has 0 spiro atoms. The number of pyridine rings is 1. The van der Waals surface area contributed by atoms with Crippen molar-refractivity contribution in [2.75, 3.05) is 23.4 Å². The predicted octanol–water partition coefficient (Wildman–Crippen LogP) is 5.91. The van der Waals surface area contributed by atoms with E-state index in [1.165, 1.54) is 23.4 Å². The number of carbonyl (C=O) groups is 2. The largest absolute Gasteiger partial charge is 0.478 e. The summed E-state index contributed by atoms with van der Waals surface area (Å²) in [6, 6.07) is 17.6. The molecule has 4 rings (SSSR count). The third kappa shape index (κ3) is 6.47. The van der Waals surface area contributed by atoms with Gasteiger partial charge < -0.3 is 15.1 Å². The van der Waals surface area contributed by atoms with E-state index in [1.54, 1.807) is 6.07 Å². The lowest BCUT2D eigenvalue weighted by Crippen LogP contribution is -2.40. The number of aliphatic hydroxyl groups excluding tert-OH is 1. The molecule has 0 bridgehead atoms. The van der Waals surface area contributed by atoms with Crippen LogP contribution in [0.2, 0.25) is 0 Å². The molecule has 2 N–H and O–H groups in total. The van der Waals surface area contributed by atoms with Gasteiger partial charge in [0.2, 0.25) is 5.91 Å². The lowest BCUT2D eigenvalue weighted by molar-refractivity contribution is -0.131. The summed E-state index contributed by atoms with van der Waals surface area (Å²) in [7, 11) is 2.05. The second kappa shape index (κ2) is 12.5. The van der Waals surface area contributed by atoms with E-state index in [-0.39, 0.29) is 11.8 Å². The molecule has 1 atom stereocenters. The first kappa shape index (κ1) is 27.1. The number of aliphatic carboxylic acids is 1. The summed E-state index contributed by atoms with van der Waals surface area (Å²) in [5, 5.41) is 20.5. The van der Waals surface area contributed by atoms with E-state index in [0.717, 1.165) is 61.5 Å². The number of anilines is 2. The van der Waals surface area contributed by atoms with Crippen LogP contribution in [0.3, 0.4) is 0 Å². The minimum atomic E-state index is -1.21. The molecule has 1 aromatic heterocycles. The van der Waals surface area contributed by atoms with Crippen LogP contribution >= 0.6 is 0 Å². The van der Waals surface area contributed by atoms with Gasteiger partial charge in [-0.2, -0.15) is 0 Å². The van der Waals surface area contributed by atoms with Gasteiger partial charge in [-0.05, 0) is 60.7 Å². The van der Waals surface area contributed by atoms with Crippen molar-refractivity contribution in [1.82, 2.24) is 4.98 Å². The van der Waals surface area contributed by atoms with Crippen molar-refractivity contribution < 1.29 is 19.8 Å². The molecule has 0 aliphatic heterocycles. The number of benzene rings is 2. The maximum Gasteiger partial charge on any atom is 0.328 e. The maximum atomic E-state index is 13.7. The summed E-state index contributed by atoms with van der Waals surface area (Å²) in [6.45, 7) is 3.04. The number of amides is 1. The highest BCUT2D eigenvalue weighted by Gasteiger charge is 2.32. The summed E-state index contributed by atoms with van der Waals surface area (Å²) in [5.74, 6) is -1.38. The Balaban J connectivity index is 1.63. The smallest absolute Gasteiger partial charge is 0.328 e. The Morgan fingerprint density at radius 3 is 2.21 bits per heavy atom. The van der Waals surface area contributed by atoms with E-state index in [1.807, 2.05) is 24.3 Å². The number of carboxylic acid groups (broad SMARTS) is 1. The highest BCUT2D eigenvalue weighted by molar-refractivity contribution is 5.96. The average Bonchev–Trinajstić information content (AvgIpc) is 2.96. The van der Waals surface area contributed by atoms with Gasteiger partial charge in [0.1, 0.15) is 0 Å². The third-order valence-electron chi connectivity index (χ3n) is 7.20. The Morgan fingerprint density at radius 2 is 1.61 bits per heavy atom. The molecule has 2 aromatic carbocycles. The highest BCUT2D eigenvalue weighted by Crippen LogP contribution is 2.33. The molecule has 7 nitrogen and oxygen atoms in total. The minimum Gasteiger partial charge on any atom is -0.478 e. The molecule has 1 fully saturated rings. The van der Waals surface area contributed by atoms with E-state index >= 15 is 0 Å². The number of hydrogen-bond acceptors (Lipinski definition) is 5. The monoisotopic (exact) mass is 513 g/mol. The average molecular weight is 514 g/mol. The van der Waals surface area contributed by atoms with E-state index in [2.05, 4.69) is 48.1 Å². The Bertz CT molecular complexity index is 1270. The Kier molecular flexibility index (Phi) is 8.92. The first-order valence-electron chi connectivity index (χ1n) is 13.2. The normalized spacial score (nSPS) is 14.8. The fraction of sp³-hybridized carbons (Fsp3) is 0.323. The van der Waals surface area contributed by atoms with E-state index in [4.69, 9.17) is 5.11 Å². The first-order chi connectivity index (χ1) is 18.4. The molecule has 1 amide bonds. The van der Waals surface area contributed by atoms with Gasteiger partial charge >= 0.3 is 5.97 Å². The van der Waals surface area contributed by atoms with Gasteiger partial charge in [0.05, 0.1) is 11.9 Å². The topological polar surface area (TPSA) is 94.0 Å². The Morgan fingerprint density at radius 1 is 0.974 bits per heavy atom. The van der Waals surface area contributed by atoms with Crippen LogP contribution in [0.4, 0.5) is 11.4 Å². The van der Waals surface area contributed by atoms with Crippen molar-refractivity contribution in [2.24, 2.45) is 5.92 Å². The molecule has 0 saturated heterocycles. The van der Waals surface area contributed by atoms with Crippen molar-refractivity contribution in [1.29, 1.82) is 0 Å². The van der Waals surface area contributed by atoms with Crippen LogP contribution in [0.5, 0.6) is 0 Å². The van der Waals surface area contributed by atoms with Gasteiger partial charge in [0, 0.05) is 43.0 Å². The number of aliphatic hydroxyl groups is 1. The molecular weight excluding hydrogens is 478 g/mol. The number of rotatable bonds is 9. The molecule has 198 valence electrons.